The fourth-order valence-corrected chi connectivity index (χ4v) is 3.06. The molecule has 0 bridgehead atoms. The van der Waals surface area contributed by atoms with Gasteiger partial charge in [-0.15, -0.1) is 0 Å². The highest BCUT2D eigenvalue weighted by molar-refractivity contribution is 5.93. The zero-order valence-electron chi connectivity index (χ0n) is 12.1. The van der Waals surface area contributed by atoms with E-state index >= 15 is 0 Å². The third-order valence-electron chi connectivity index (χ3n) is 4.36. The van der Waals surface area contributed by atoms with Gasteiger partial charge in [0.05, 0.1) is 0 Å². The van der Waals surface area contributed by atoms with Crippen molar-refractivity contribution in [2.24, 2.45) is 17.8 Å². The Labute approximate surface area is 124 Å². The predicted octanol–water partition coefficient (Wildman–Crippen LogP) is 1.80. The van der Waals surface area contributed by atoms with E-state index in [9.17, 15) is 9.59 Å². The van der Waals surface area contributed by atoms with Crippen molar-refractivity contribution < 1.29 is 14.3 Å². The first-order valence-corrected chi connectivity index (χ1v) is 7.40. The van der Waals surface area contributed by atoms with E-state index in [1.54, 1.807) is 25.2 Å². The van der Waals surface area contributed by atoms with Crippen molar-refractivity contribution >= 4 is 17.5 Å². The lowest BCUT2D eigenvalue weighted by Crippen LogP contribution is -2.25. The van der Waals surface area contributed by atoms with Gasteiger partial charge in [-0.05, 0) is 43.2 Å². The molecule has 1 aromatic rings. The number of amides is 2. The van der Waals surface area contributed by atoms with Crippen LogP contribution in [-0.2, 0) is 9.59 Å². The van der Waals surface area contributed by atoms with E-state index in [2.05, 4.69) is 10.6 Å². The van der Waals surface area contributed by atoms with E-state index in [-0.39, 0.29) is 24.3 Å². The molecule has 0 radical (unpaired) electrons. The number of hydrogen-bond donors (Lipinski definition) is 2. The predicted molar refractivity (Wildman–Crippen MR) is 79.0 cm³/mol. The second kappa shape index (κ2) is 5.76. The summed E-state index contributed by atoms with van der Waals surface area (Å²) in [5, 5.41) is 5.44. The molecule has 2 aliphatic carbocycles. The minimum absolute atomic E-state index is 0.0279. The molecule has 0 spiro atoms. The van der Waals surface area contributed by atoms with Crippen molar-refractivity contribution in [1.29, 1.82) is 0 Å². The summed E-state index contributed by atoms with van der Waals surface area (Å²) in [6.45, 7) is -0.0279. The van der Waals surface area contributed by atoms with Gasteiger partial charge in [-0.25, -0.2) is 0 Å². The number of anilines is 1. The number of fused-ring (bicyclic) bond motifs is 1. The van der Waals surface area contributed by atoms with Gasteiger partial charge in [0.1, 0.15) is 5.75 Å². The molecule has 2 N–H and O–H groups in total. The van der Waals surface area contributed by atoms with Gasteiger partial charge in [0.15, 0.2) is 6.61 Å². The smallest absolute Gasteiger partial charge is 0.257 e. The molecule has 2 fully saturated rings. The zero-order chi connectivity index (χ0) is 14.8. The number of hydrogen-bond acceptors (Lipinski definition) is 3. The molecule has 2 amide bonds. The molecule has 21 heavy (non-hydrogen) atoms. The number of carbonyl (C=O) groups is 2. The maximum absolute atomic E-state index is 12.2. The Balaban J connectivity index is 1.55. The average molecular weight is 288 g/mol. The van der Waals surface area contributed by atoms with Crippen LogP contribution < -0.4 is 15.4 Å². The van der Waals surface area contributed by atoms with E-state index < -0.39 is 0 Å². The van der Waals surface area contributed by atoms with Crippen LogP contribution >= 0.6 is 0 Å². The lowest BCUT2D eigenvalue weighted by Gasteiger charge is -2.13. The van der Waals surface area contributed by atoms with Gasteiger partial charge in [0.25, 0.3) is 5.91 Å². The minimum atomic E-state index is -0.186. The Morgan fingerprint density at radius 3 is 2.71 bits per heavy atom. The van der Waals surface area contributed by atoms with Crippen molar-refractivity contribution in [2.75, 3.05) is 19.0 Å². The van der Waals surface area contributed by atoms with Crippen molar-refractivity contribution in [3.05, 3.63) is 24.3 Å². The van der Waals surface area contributed by atoms with E-state index in [1.165, 1.54) is 6.42 Å². The van der Waals surface area contributed by atoms with E-state index in [1.807, 2.05) is 6.07 Å². The largest absolute Gasteiger partial charge is 0.484 e. The van der Waals surface area contributed by atoms with Crippen molar-refractivity contribution in [2.45, 2.75) is 19.3 Å². The first-order valence-electron chi connectivity index (χ1n) is 7.40. The van der Waals surface area contributed by atoms with Crippen LogP contribution in [0.15, 0.2) is 24.3 Å². The molecule has 3 rings (SSSR count). The maximum atomic E-state index is 12.2. The monoisotopic (exact) mass is 288 g/mol. The number of ether oxygens (including phenoxy) is 1. The summed E-state index contributed by atoms with van der Waals surface area (Å²) in [5.41, 5.74) is 0.718. The maximum Gasteiger partial charge on any atom is 0.257 e. The van der Waals surface area contributed by atoms with Gasteiger partial charge in [-0.2, -0.15) is 0 Å². The lowest BCUT2D eigenvalue weighted by molar-refractivity contribution is -0.122. The molecule has 112 valence electrons. The Morgan fingerprint density at radius 2 is 2.00 bits per heavy atom. The van der Waals surface area contributed by atoms with Crippen LogP contribution in [0.25, 0.3) is 0 Å². The second-order valence-corrected chi connectivity index (χ2v) is 5.90. The standard InChI is InChI=1S/C16H20N2O3/c1-17-15(19)9-21-14-4-2-3-13(8-14)18-16(20)12-6-10-5-11(10)7-12/h2-4,8,10-12H,5-7,9H2,1H3,(H,17,19)(H,18,20). The van der Waals surface area contributed by atoms with Gasteiger partial charge in [-0.3, -0.25) is 9.59 Å². The number of rotatable bonds is 5. The zero-order valence-corrected chi connectivity index (χ0v) is 12.1. The highest BCUT2D eigenvalue weighted by atomic mass is 16.5. The molecule has 0 aromatic heterocycles. The molecule has 5 heteroatoms. The van der Waals surface area contributed by atoms with Gasteiger partial charge in [0, 0.05) is 24.7 Å². The molecule has 0 aliphatic heterocycles. The quantitative estimate of drug-likeness (QED) is 0.868. The number of likely N-dealkylation sites (N-methyl/N-ethyl adjacent to an activating group) is 1. The van der Waals surface area contributed by atoms with Crippen LogP contribution in [0.2, 0.25) is 0 Å². The summed E-state index contributed by atoms with van der Waals surface area (Å²) in [6, 6.07) is 7.15. The molecule has 1 aromatic carbocycles. The van der Waals surface area contributed by atoms with Crippen LogP contribution in [0.4, 0.5) is 5.69 Å². The van der Waals surface area contributed by atoms with Gasteiger partial charge in [0.2, 0.25) is 5.91 Å². The normalized spacial score (nSPS) is 25.9. The van der Waals surface area contributed by atoms with E-state index in [0.717, 1.165) is 30.4 Å². The first-order chi connectivity index (χ1) is 10.2. The van der Waals surface area contributed by atoms with Crippen molar-refractivity contribution in [3.8, 4) is 5.75 Å². The van der Waals surface area contributed by atoms with Gasteiger partial charge in [-0.1, -0.05) is 6.07 Å². The molecule has 2 unspecified atom stereocenters. The molecular weight excluding hydrogens is 268 g/mol. The summed E-state index contributed by atoms with van der Waals surface area (Å²) in [5.74, 6) is 2.24. The van der Waals surface area contributed by atoms with Crippen LogP contribution in [0.1, 0.15) is 19.3 Å². The third kappa shape index (κ3) is 3.35. The van der Waals surface area contributed by atoms with Crippen LogP contribution in [-0.4, -0.2) is 25.5 Å². The Morgan fingerprint density at radius 1 is 1.24 bits per heavy atom. The SMILES string of the molecule is CNC(=O)COc1cccc(NC(=O)C2CC3CC3C2)c1. The Bertz CT molecular complexity index is 548. The molecular formula is C16H20N2O3. The molecule has 0 saturated heterocycles. The topological polar surface area (TPSA) is 67.4 Å². The van der Waals surface area contributed by atoms with Gasteiger partial charge < -0.3 is 15.4 Å². The summed E-state index contributed by atoms with van der Waals surface area (Å²) < 4.78 is 5.37. The summed E-state index contributed by atoms with van der Waals surface area (Å²) >= 11 is 0. The minimum Gasteiger partial charge on any atom is -0.484 e. The highest BCUT2D eigenvalue weighted by Gasteiger charge is 2.47. The van der Waals surface area contributed by atoms with Crippen LogP contribution in [0, 0.1) is 17.8 Å². The second-order valence-electron chi connectivity index (χ2n) is 5.90. The van der Waals surface area contributed by atoms with Gasteiger partial charge >= 0.3 is 0 Å². The average Bonchev–Trinajstić information content (AvgIpc) is 3.11. The molecule has 2 atom stereocenters. The molecule has 2 aliphatic rings. The number of carbonyl (C=O) groups excluding carboxylic acids is 2. The lowest BCUT2D eigenvalue weighted by atomic mass is 10.0. The van der Waals surface area contributed by atoms with Crippen molar-refractivity contribution in [3.63, 3.8) is 0 Å². The van der Waals surface area contributed by atoms with E-state index in [0.29, 0.717) is 5.75 Å². The fourth-order valence-electron chi connectivity index (χ4n) is 3.06. The summed E-state index contributed by atoms with van der Waals surface area (Å²) in [7, 11) is 1.56. The fraction of sp³-hybridized carbons (Fsp3) is 0.500. The molecule has 2 saturated carbocycles. The highest BCUT2D eigenvalue weighted by Crippen LogP contribution is 2.54. The summed E-state index contributed by atoms with van der Waals surface area (Å²) in [6.07, 6.45) is 3.37. The first kappa shape index (κ1) is 13.9. The third-order valence-corrected chi connectivity index (χ3v) is 4.36. The van der Waals surface area contributed by atoms with E-state index in [4.69, 9.17) is 4.74 Å². The molecule has 0 heterocycles. The Hall–Kier alpha value is -2.04. The summed E-state index contributed by atoms with van der Waals surface area (Å²) in [4.78, 5) is 23.3. The van der Waals surface area contributed by atoms with Crippen LogP contribution in [0.3, 0.4) is 0 Å². The number of benzene rings is 1. The molecule has 5 nitrogen and oxygen atoms in total. The van der Waals surface area contributed by atoms with Crippen molar-refractivity contribution in [1.82, 2.24) is 5.32 Å². The number of nitrogens with one attached hydrogen (secondary N) is 2. The Kier molecular flexibility index (Phi) is 3.82. The van der Waals surface area contributed by atoms with Crippen LogP contribution in [0.5, 0.6) is 5.75 Å².